The van der Waals surface area contributed by atoms with Crippen LogP contribution in [0.25, 0.3) is 0 Å². The number of phenolic OH excluding ortho intramolecular Hbond substituents is 1. The second kappa shape index (κ2) is 13.1. The first-order valence-electron chi connectivity index (χ1n) is 16.5. The van der Waals surface area contributed by atoms with Crippen molar-refractivity contribution in [3.05, 3.63) is 83.9 Å². The van der Waals surface area contributed by atoms with Crippen LogP contribution in [0.4, 0.5) is 22.7 Å². The summed E-state index contributed by atoms with van der Waals surface area (Å²) in [6.45, 7) is 2.03. The minimum Gasteiger partial charge on any atom is -0.504 e. The van der Waals surface area contributed by atoms with Gasteiger partial charge in [0.2, 0.25) is 11.8 Å². The molecule has 0 radical (unpaired) electrons. The molecule has 264 valence electrons. The van der Waals surface area contributed by atoms with Gasteiger partial charge in [-0.3, -0.25) is 29.0 Å². The second-order valence-corrected chi connectivity index (χ2v) is 15.0. The molecule has 4 aliphatic rings. The third-order valence-electron chi connectivity index (χ3n) is 10.4. The van der Waals surface area contributed by atoms with Crippen LogP contribution in [0.2, 0.25) is 0 Å². The highest BCUT2D eigenvalue weighted by Crippen LogP contribution is 2.65. The maximum Gasteiger partial charge on any atom is 0.254 e. The topological polar surface area (TPSA) is 132 Å². The number of aromatic hydroxyl groups is 1. The van der Waals surface area contributed by atoms with Crippen molar-refractivity contribution >= 4 is 85.5 Å². The van der Waals surface area contributed by atoms with E-state index in [2.05, 4.69) is 26.2 Å². The number of imide groups is 2. The van der Waals surface area contributed by atoms with Crippen LogP contribution < -0.4 is 14.5 Å². The number of rotatable bonds is 8. The summed E-state index contributed by atoms with van der Waals surface area (Å²) in [6.07, 6.45) is 1.95. The standard InChI is InChI=1S/C37H34BrCl2N5O6/c1-4-51-29-17-20(5-16-28(29)46)31-25-14-15-26-30(27(25)18-36(39)34(49)44(19-38)35(50)37(31,36)40)33(48)45(32(26)47)24-12-8-22(9-13-24)42-41-21-6-10-23(11-7-21)43(2)3/h5-14,16-17,26-27,30-31,46H,4,15,18-19H2,1-3H3. The molecule has 6 atom stereocenters. The van der Waals surface area contributed by atoms with E-state index in [4.69, 9.17) is 27.9 Å². The number of amides is 4. The van der Waals surface area contributed by atoms with E-state index in [9.17, 15) is 24.3 Å². The van der Waals surface area contributed by atoms with Crippen LogP contribution in [0.15, 0.2) is 88.6 Å². The monoisotopic (exact) mass is 793 g/mol. The van der Waals surface area contributed by atoms with Crippen molar-refractivity contribution in [3.8, 4) is 11.5 Å². The molecule has 1 saturated carbocycles. The fourth-order valence-corrected chi connectivity index (χ4v) is 9.39. The van der Waals surface area contributed by atoms with Crippen LogP contribution in [0.1, 0.15) is 31.2 Å². The number of ether oxygens (including phenoxy) is 1. The Hall–Kier alpha value is -4.26. The summed E-state index contributed by atoms with van der Waals surface area (Å²) in [5, 5.41) is 19.1. The van der Waals surface area contributed by atoms with Gasteiger partial charge in [-0.1, -0.05) is 33.6 Å². The van der Waals surface area contributed by atoms with Crippen LogP contribution in [0.3, 0.4) is 0 Å². The summed E-state index contributed by atoms with van der Waals surface area (Å²) in [5.74, 6) is -5.31. The summed E-state index contributed by atoms with van der Waals surface area (Å²) in [6, 6.07) is 18.9. The Morgan fingerprint density at radius 2 is 1.57 bits per heavy atom. The van der Waals surface area contributed by atoms with Gasteiger partial charge in [0.05, 0.1) is 41.0 Å². The lowest BCUT2D eigenvalue weighted by molar-refractivity contribution is -0.138. The number of alkyl halides is 3. The number of carbonyl (C=O) groups excluding carboxylic acids is 4. The fraction of sp³-hybridized carbons (Fsp3) is 0.351. The molecule has 51 heavy (non-hydrogen) atoms. The lowest BCUT2D eigenvalue weighted by Crippen LogP contribution is -2.60. The smallest absolute Gasteiger partial charge is 0.254 e. The first-order chi connectivity index (χ1) is 24.3. The quantitative estimate of drug-likeness (QED) is 0.0840. The van der Waals surface area contributed by atoms with E-state index in [0.717, 1.165) is 10.6 Å². The highest BCUT2D eigenvalue weighted by Gasteiger charge is 2.76. The van der Waals surface area contributed by atoms with Crippen LogP contribution >= 0.6 is 39.1 Å². The summed E-state index contributed by atoms with van der Waals surface area (Å²) < 4.78 is 5.65. The average molecular weight is 796 g/mol. The molecule has 3 aromatic carbocycles. The number of anilines is 2. The molecular weight excluding hydrogens is 761 g/mol. The number of allylic oxidation sites excluding steroid dienone is 2. The Balaban J connectivity index is 1.23. The molecule has 7 rings (SSSR count). The molecule has 11 nitrogen and oxygen atoms in total. The van der Waals surface area contributed by atoms with E-state index in [1.165, 1.54) is 11.0 Å². The van der Waals surface area contributed by atoms with E-state index in [1.54, 1.807) is 43.3 Å². The van der Waals surface area contributed by atoms with Crippen molar-refractivity contribution in [2.45, 2.75) is 35.4 Å². The molecule has 2 aliphatic heterocycles. The second-order valence-electron chi connectivity index (χ2n) is 13.3. The fourth-order valence-electron chi connectivity index (χ4n) is 7.96. The van der Waals surface area contributed by atoms with Gasteiger partial charge in [-0.15, -0.1) is 23.2 Å². The number of phenols is 1. The van der Waals surface area contributed by atoms with Crippen molar-refractivity contribution < 1.29 is 29.0 Å². The van der Waals surface area contributed by atoms with E-state index in [0.29, 0.717) is 28.2 Å². The minimum absolute atomic E-state index is 0.110. The maximum atomic E-state index is 14.4. The van der Waals surface area contributed by atoms with E-state index < -0.39 is 51.1 Å². The first kappa shape index (κ1) is 35.2. The summed E-state index contributed by atoms with van der Waals surface area (Å²) in [7, 11) is 3.91. The number of hydrogen-bond acceptors (Lipinski definition) is 9. The van der Waals surface area contributed by atoms with Gasteiger partial charge in [-0.2, -0.15) is 10.2 Å². The Morgan fingerprint density at radius 3 is 2.18 bits per heavy atom. The number of azo groups is 1. The van der Waals surface area contributed by atoms with Gasteiger partial charge in [0.1, 0.15) is 0 Å². The van der Waals surface area contributed by atoms with Crippen LogP contribution in [-0.2, 0) is 19.2 Å². The predicted octanol–water partition coefficient (Wildman–Crippen LogP) is 7.19. The van der Waals surface area contributed by atoms with Crippen molar-refractivity contribution in [2.75, 3.05) is 36.0 Å². The third kappa shape index (κ3) is 5.36. The molecule has 0 bridgehead atoms. The highest BCUT2D eigenvalue weighted by molar-refractivity contribution is 9.09. The number of carbonyl (C=O) groups is 4. The zero-order valence-electron chi connectivity index (χ0n) is 27.9. The summed E-state index contributed by atoms with van der Waals surface area (Å²) in [4.78, 5) is 56.6. The number of hydrogen-bond donors (Lipinski definition) is 1. The molecule has 0 aromatic heterocycles. The number of likely N-dealkylation sites (tertiary alicyclic amines) is 1. The van der Waals surface area contributed by atoms with Gasteiger partial charge in [-0.05, 0) is 91.9 Å². The van der Waals surface area contributed by atoms with Gasteiger partial charge < -0.3 is 14.7 Å². The zero-order chi connectivity index (χ0) is 36.4. The molecule has 2 aliphatic carbocycles. The molecule has 0 spiro atoms. The molecule has 14 heteroatoms. The van der Waals surface area contributed by atoms with Gasteiger partial charge in [0, 0.05) is 25.7 Å². The molecule has 2 saturated heterocycles. The van der Waals surface area contributed by atoms with Crippen molar-refractivity contribution in [3.63, 3.8) is 0 Å². The molecular formula is C37H34BrCl2N5O6. The SMILES string of the molecule is CCOc1cc(C2C3=CCC4C(=O)N(c5ccc(N=Nc6ccc(N(C)C)cc6)cc5)C(=O)C4C3CC3(Cl)C(=O)N(CBr)C(=O)C23Cl)ccc1O. The normalized spacial score (nSPS) is 28.5. The summed E-state index contributed by atoms with van der Waals surface area (Å²) >= 11 is 17.9. The number of halogens is 3. The maximum absolute atomic E-state index is 14.4. The van der Waals surface area contributed by atoms with Crippen molar-refractivity contribution in [1.29, 1.82) is 0 Å². The Morgan fingerprint density at radius 1 is 0.922 bits per heavy atom. The number of nitrogens with zero attached hydrogens (tertiary/aromatic N) is 5. The molecule has 6 unspecified atom stereocenters. The van der Waals surface area contributed by atoms with Gasteiger partial charge in [0.25, 0.3) is 11.8 Å². The number of fused-ring (bicyclic) bond motifs is 4. The third-order valence-corrected chi connectivity index (χ3v) is 12.3. The van der Waals surface area contributed by atoms with Crippen LogP contribution in [-0.4, -0.2) is 69.5 Å². The zero-order valence-corrected chi connectivity index (χ0v) is 31.0. The average Bonchev–Trinajstić information content (AvgIpc) is 3.46. The Labute approximate surface area is 313 Å². The van der Waals surface area contributed by atoms with Crippen LogP contribution in [0, 0.1) is 17.8 Å². The van der Waals surface area contributed by atoms with E-state index in [-0.39, 0.29) is 42.3 Å². The Bertz CT molecular complexity index is 2010. The molecule has 3 aromatic rings. The van der Waals surface area contributed by atoms with Crippen molar-refractivity contribution in [1.82, 2.24) is 4.90 Å². The Kier molecular flexibility index (Phi) is 9.00. The van der Waals surface area contributed by atoms with Gasteiger partial charge in [-0.25, -0.2) is 0 Å². The van der Waals surface area contributed by atoms with Gasteiger partial charge >= 0.3 is 0 Å². The lowest BCUT2D eigenvalue weighted by atomic mass is 9.56. The van der Waals surface area contributed by atoms with Gasteiger partial charge in [0.15, 0.2) is 21.2 Å². The molecule has 2 heterocycles. The molecule has 1 N–H and O–H groups in total. The summed E-state index contributed by atoms with van der Waals surface area (Å²) in [5.41, 5.74) is 3.63. The van der Waals surface area contributed by atoms with Crippen molar-refractivity contribution in [2.24, 2.45) is 28.0 Å². The largest absolute Gasteiger partial charge is 0.504 e. The lowest BCUT2D eigenvalue weighted by Gasteiger charge is -2.50. The molecule has 4 amide bonds. The van der Waals surface area contributed by atoms with E-state index in [1.807, 2.05) is 49.3 Å². The number of benzene rings is 3. The minimum atomic E-state index is -1.96. The predicted molar refractivity (Wildman–Crippen MR) is 196 cm³/mol. The van der Waals surface area contributed by atoms with Crippen LogP contribution in [0.5, 0.6) is 11.5 Å². The van der Waals surface area contributed by atoms with E-state index >= 15 is 0 Å². The highest BCUT2D eigenvalue weighted by atomic mass is 79.9. The first-order valence-corrected chi connectivity index (χ1v) is 18.4. The molecule has 3 fully saturated rings.